The SMILES string of the molecule is O=C(CCSC(=S)NCc1cccnc1)c1cnn2ncccc12. The van der Waals surface area contributed by atoms with Crippen LogP contribution in [0.25, 0.3) is 5.52 Å². The number of nitrogens with one attached hydrogen (secondary N) is 1. The van der Waals surface area contributed by atoms with Gasteiger partial charge in [-0.3, -0.25) is 9.78 Å². The number of aromatic nitrogens is 4. The summed E-state index contributed by atoms with van der Waals surface area (Å²) < 4.78 is 2.13. The number of fused-ring (bicyclic) bond motifs is 1. The number of hydrogen-bond donors (Lipinski definition) is 1. The van der Waals surface area contributed by atoms with Crippen molar-refractivity contribution in [2.24, 2.45) is 0 Å². The van der Waals surface area contributed by atoms with Crippen molar-refractivity contribution in [1.82, 2.24) is 25.1 Å². The van der Waals surface area contributed by atoms with Crippen LogP contribution in [-0.2, 0) is 6.54 Å². The minimum Gasteiger partial charge on any atom is -0.367 e. The average Bonchev–Trinajstić information content (AvgIpc) is 3.05. The normalized spacial score (nSPS) is 10.7. The molecule has 0 aromatic carbocycles. The summed E-state index contributed by atoms with van der Waals surface area (Å²) in [6.07, 6.45) is 7.13. The van der Waals surface area contributed by atoms with Gasteiger partial charge in [0.25, 0.3) is 0 Å². The molecular weight excluding hydrogens is 342 g/mol. The lowest BCUT2D eigenvalue weighted by Gasteiger charge is -2.06. The largest absolute Gasteiger partial charge is 0.367 e. The molecule has 3 heterocycles. The number of pyridine rings is 1. The number of ketones is 1. The predicted molar refractivity (Wildman–Crippen MR) is 98.1 cm³/mol. The molecule has 0 unspecified atom stereocenters. The van der Waals surface area contributed by atoms with Crippen molar-refractivity contribution in [2.75, 3.05) is 5.75 Å². The van der Waals surface area contributed by atoms with Gasteiger partial charge in [0.1, 0.15) is 4.32 Å². The number of thioether (sulfide) groups is 1. The van der Waals surface area contributed by atoms with Gasteiger partial charge in [-0.15, -0.1) is 0 Å². The molecule has 1 N–H and O–H groups in total. The number of carbonyl (C=O) groups is 1. The van der Waals surface area contributed by atoms with E-state index in [4.69, 9.17) is 12.2 Å². The first-order chi connectivity index (χ1) is 11.7. The van der Waals surface area contributed by atoms with E-state index in [1.807, 2.05) is 18.2 Å². The van der Waals surface area contributed by atoms with Crippen molar-refractivity contribution < 1.29 is 4.79 Å². The highest BCUT2D eigenvalue weighted by atomic mass is 32.2. The third-order valence-corrected chi connectivity index (χ3v) is 4.64. The first-order valence-corrected chi connectivity index (χ1v) is 8.75. The first-order valence-electron chi connectivity index (χ1n) is 7.36. The third kappa shape index (κ3) is 4.15. The van der Waals surface area contributed by atoms with E-state index in [0.29, 0.717) is 28.6 Å². The van der Waals surface area contributed by atoms with Crippen LogP contribution in [0.2, 0.25) is 0 Å². The van der Waals surface area contributed by atoms with Crippen molar-refractivity contribution in [3.8, 4) is 0 Å². The lowest BCUT2D eigenvalue weighted by Crippen LogP contribution is -2.18. The Balaban J connectivity index is 1.46. The molecule has 8 heteroatoms. The summed E-state index contributed by atoms with van der Waals surface area (Å²) in [7, 11) is 0. The molecule has 0 saturated heterocycles. The smallest absolute Gasteiger partial charge is 0.167 e. The van der Waals surface area contributed by atoms with E-state index in [2.05, 4.69) is 20.5 Å². The maximum Gasteiger partial charge on any atom is 0.167 e. The predicted octanol–water partition coefficient (Wildman–Crippen LogP) is 2.51. The molecule has 122 valence electrons. The second-order valence-electron chi connectivity index (χ2n) is 4.98. The van der Waals surface area contributed by atoms with E-state index in [-0.39, 0.29) is 5.78 Å². The Kier molecular flexibility index (Phi) is 5.50. The maximum absolute atomic E-state index is 12.3. The summed E-state index contributed by atoms with van der Waals surface area (Å²) in [5, 5.41) is 11.3. The Hall–Kier alpha value is -2.32. The molecule has 0 fully saturated rings. The summed E-state index contributed by atoms with van der Waals surface area (Å²) in [6.45, 7) is 0.632. The monoisotopic (exact) mass is 357 g/mol. The molecule has 0 amide bonds. The van der Waals surface area contributed by atoms with E-state index in [0.717, 1.165) is 11.1 Å². The molecule has 0 radical (unpaired) electrons. The number of Topliss-reactive ketones (excluding diaryl/α,β-unsaturated/α-hetero) is 1. The number of thiocarbonyl (C=S) groups is 1. The second-order valence-corrected chi connectivity index (χ2v) is 6.75. The standard InChI is InChI=1S/C16H15N5OS2/c22-15(13-11-20-21-14(13)4-2-7-19-21)5-8-24-16(23)18-10-12-3-1-6-17-9-12/h1-4,6-7,9,11H,5,8,10H2,(H,18,23). The van der Waals surface area contributed by atoms with Crippen LogP contribution in [0.3, 0.4) is 0 Å². The summed E-state index contributed by atoms with van der Waals surface area (Å²) in [5.74, 6) is 0.663. The van der Waals surface area contributed by atoms with Crippen LogP contribution >= 0.6 is 24.0 Å². The zero-order valence-corrected chi connectivity index (χ0v) is 14.4. The summed E-state index contributed by atoms with van der Waals surface area (Å²) in [4.78, 5) is 16.4. The lowest BCUT2D eigenvalue weighted by atomic mass is 10.1. The minimum atomic E-state index is 0.0422. The van der Waals surface area contributed by atoms with Crippen LogP contribution in [0, 0.1) is 0 Å². The van der Waals surface area contributed by atoms with E-state index >= 15 is 0 Å². The van der Waals surface area contributed by atoms with Gasteiger partial charge in [-0.05, 0) is 23.8 Å². The van der Waals surface area contributed by atoms with Gasteiger partial charge in [0.15, 0.2) is 5.78 Å². The fourth-order valence-electron chi connectivity index (χ4n) is 2.15. The van der Waals surface area contributed by atoms with Crippen LogP contribution < -0.4 is 5.32 Å². The topological polar surface area (TPSA) is 72.2 Å². The average molecular weight is 357 g/mol. The number of carbonyl (C=O) groups excluding carboxylic acids is 1. The Bertz CT molecular complexity index is 850. The number of nitrogens with zero attached hydrogens (tertiary/aromatic N) is 4. The summed E-state index contributed by atoms with van der Waals surface area (Å²) in [6, 6.07) is 7.49. The van der Waals surface area contributed by atoms with Gasteiger partial charge in [-0.25, -0.2) is 0 Å². The van der Waals surface area contributed by atoms with Crippen LogP contribution in [0.4, 0.5) is 0 Å². The third-order valence-electron chi connectivity index (χ3n) is 3.33. The molecule has 0 aliphatic heterocycles. The molecule has 0 aliphatic carbocycles. The molecule has 0 saturated carbocycles. The van der Waals surface area contributed by atoms with Gasteiger partial charge in [0.2, 0.25) is 0 Å². The quantitative estimate of drug-likeness (QED) is 0.537. The lowest BCUT2D eigenvalue weighted by molar-refractivity contribution is 0.0991. The molecular formula is C16H15N5OS2. The molecule has 3 rings (SSSR count). The molecule has 0 spiro atoms. The number of rotatable bonds is 6. The first kappa shape index (κ1) is 16.5. The molecule has 3 aromatic heterocycles. The summed E-state index contributed by atoms with van der Waals surface area (Å²) in [5.41, 5.74) is 2.39. The molecule has 6 nitrogen and oxygen atoms in total. The number of hydrogen-bond acceptors (Lipinski definition) is 6. The second kappa shape index (κ2) is 7.98. The molecule has 3 aromatic rings. The zero-order valence-electron chi connectivity index (χ0n) is 12.8. The molecule has 0 aliphatic rings. The highest BCUT2D eigenvalue weighted by molar-refractivity contribution is 8.22. The van der Waals surface area contributed by atoms with Crippen molar-refractivity contribution >= 4 is 39.6 Å². The van der Waals surface area contributed by atoms with Crippen molar-refractivity contribution in [1.29, 1.82) is 0 Å². The van der Waals surface area contributed by atoms with Crippen molar-refractivity contribution in [3.63, 3.8) is 0 Å². The van der Waals surface area contributed by atoms with E-state index in [1.165, 1.54) is 16.4 Å². The van der Waals surface area contributed by atoms with Gasteiger partial charge in [-0.2, -0.15) is 14.8 Å². The van der Waals surface area contributed by atoms with E-state index in [9.17, 15) is 4.79 Å². The highest BCUT2D eigenvalue weighted by Gasteiger charge is 2.13. The highest BCUT2D eigenvalue weighted by Crippen LogP contribution is 2.14. The van der Waals surface area contributed by atoms with Crippen molar-refractivity contribution in [2.45, 2.75) is 13.0 Å². The van der Waals surface area contributed by atoms with E-state index < -0.39 is 0 Å². The maximum atomic E-state index is 12.3. The fourth-order valence-corrected chi connectivity index (χ4v) is 3.12. The van der Waals surface area contributed by atoms with Crippen LogP contribution in [0.1, 0.15) is 22.3 Å². The zero-order chi connectivity index (χ0) is 16.8. The van der Waals surface area contributed by atoms with Gasteiger partial charge < -0.3 is 5.32 Å². The van der Waals surface area contributed by atoms with E-state index in [1.54, 1.807) is 30.9 Å². The Morgan fingerprint density at radius 2 is 2.08 bits per heavy atom. The van der Waals surface area contributed by atoms with Gasteiger partial charge in [0.05, 0.1) is 17.3 Å². The Morgan fingerprint density at radius 3 is 2.92 bits per heavy atom. The van der Waals surface area contributed by atoms with Crippen molar-refractivity contribution in [3.05, 3.63) is 60.2 Å². The van der Waals surface area contributed by atoms with Crippen LogP contribution in [0.5, 0.6) is 0 Å². The molecule has 0 bridgehead atoms. The Morgan fingerprint density at radius 1 is 1.21 bits per heavy atom. The van der Waals surface area contributed by atoms with Gasteiger partial charge in [-0.1, -0.05) is 30.0 Å². The summed E-state index contributed by atoms with van der Waals surface area (Å²) >= 11 is 6.74. The van der Waals surface area contributed by atoms with Crippen LogP contribution in [0.15, 0.2) is 49.1 Å². The van der Waals surface area contributed by atoms with Gasteiger partial charge >= 0.3 is 0 Å². The van der Waals surface area contributed by atoms with Gasteiger partial charge in [0, 0.05) is 37.3 Å². The molecule has 0 atom stereocenters. The minimum absolute atomic E-state index is 0.0422. The van der Waals surface area contributed by atoms with Crippen LogP contribution in [-0.4, -0.2) is 35.7 Å². The molecule has 24 heavy (non-hydrogen) atoms. The Labute approximate surface area is 148 Å². The fraction of sp³-hybridized carbons (Fsp3) is 0.188.